The Hall–Kier alpha value is -1.66. The first-order valence-electron chi connectivity index (χ1n) is 9.12. The first kappa shape index (κ1) is 17.2. The van der Waals surface area contributed by atoms with E-state index in [0.717, 1.165) is 32.0 Å². The Balaban J connectivity index is 1.64. The average Bonchev–Trinajstić information content (AvgIpc) is 2.92. The highest BCUT2D eigenvalue weighted by Crippen LogP contribution is 2.18. The molecule has 2 aliphatic heterocycles. The number of hydrogen-bond acceptors (Lipinski definition) is 5. The van der Waals surface area contributed by atoms with E-state index in [4.69, 9.17) is 5.11 Å². The minimum atomic E-state index is 0.0234. The maximum atomic E-state index is 12.7. The Kier molecular flexibility index (Phi) is 6.04. The predicted molar refractivity (Wildman–Crippen MR) is 94.3 cm³/mol. The molecule has 0 bridgehead atoms. The van der Waals surface area contributed by atoms with E-state index in [9.17, 15) is 4.79 Å². The Bertz CT molecular complexity index is 536. The zero-order valence-electron chi connectivity index (χ0n) is 14.4. The van der Waals surface area contributed by atoms with Gasteiger partial charge in [-0.15, -0.1) is 0 Å². The van der Waals surface area contributed by atoms with E-state index < -0.39 is 0 Å². The van der Waals surface area contributed by atoms with Crippen molar-refractivity contribution in [2.75, 3.05) is 57.3 Å². The molecule has 0 saturated carbocycles. The van der Waals surface area contributed by atoms with Gasteiger partial charge in [-0.2, -0.15) is 0 Å². The van der Waals surface area contributed by atoms with Gasteiger partial charge in [0, 0.05) is 45.8 Å². The van der Waals surface area contributed by atoms with Crippen molar-refractivity contribution in [1.29, 1.82) is 0 Å². The summed E-state index contributed by atoms with van der Waals surface area (Å²) in [6, 6.07) is 5.79. The van der Waals surface area contributed by atoms with Crippen LogP contribution in [0.3, 0.4) is 0 Å². The lowest BCUT2D eigenvalue weighted by atomic mass is 10.2. The Morgan fingerprint density at radius 3 is 2.38 bits per heavy atom. The van der Waals surface area contributed by atoms with Crippen LogP contribution in [0.5, 0.6) is 0 Å². The number of nitrogens with zero attached hydrogens (tertiary/aromatic N) is 4. The first-order chi connectivity index (χ1) is 11.8. The molecule has 6 nitrogen and oxygen atoms in total. The fourth-order valence-corrected chi connectivity index (χ4v) is 3.50. The normalized spacial score (nSPS) is 20.0. The van der Waals surface area contributed by atoms with Gasteiger partial charge in [0.2, 0.25) is 0 Å². The van der Waals surface area contributed by atoms with Gasteiger partial charge >= 0.3 is 0 Å². The summed E-state index contributed by atoms with van der Waals surface area (Å²) in [5, 5.41) is 9.01. The molecular weight excluding hydrogens is 304 g/mol. The molecule has 6 heteroatoms. The molecule has 1 amide bonds. The van der Waals surface area contributed by atoms with Crippen molar-refractivity contribution in [3.63, 3.8) is 0 Å². The van der Waals surface area contributed by atoms with Gasteiger partial charge in [-0.25, -0.2) is 4.98 Å². The SMILES string of the molecule is O=C(c1cccc(N2CCCCCC2)n1)N1CCN(CCO)CC1. The van der Waals surface area contributed by atoms with Gasteiger partial charge in [-0.1, -0.05) is 18.9 Å². The van der Waals surface area contributed by atoms with Gasteiger partial charge in [0.15, 0.2) is 0 Å². The highest BCUT2D eigenvalue weighted by Gasteiger charge is 2.23. The molecule has 0 radical (unpaired) electrons. The number of amides is 1. The Morgan fingerprint density at radius 2 is 1.71 bits per heavy atom. The van der Waals surface area contributed by atoms with Crippen LogP contribution in [0.2, 0.25) is 0 Å². The summed E-state index contributed by atoms with van der Waals surface area (Å²) in [6.07, 6.45) is 4.97. The number of piperazine rings is 1. The van der Waals surface area contributed by atoms with Crippen LogP contribution in [-0.2, 0) is 0 Å². The summed E-state index contributed by atoms with van der Waals surface area (Å²) in [7, 11) is 0. The van der Waals surface area contributed by atoms with Crippen molar-refractivity contribution >= 4 is 11.7 Å². The molecule has 1 aromatic heterocycles. The largest absolute Gasteiger partial charge is 0.395 e. The van der Waals surface area contributed by atoms with Gasteiger partial charge in [0.05, 0.1) is 6.61 Å². The van der Waals surface area contributed by atoms with Crippen LogP contribution < -0.4 is 4.90 Å². The number of anilines is 1. The molecule has 0 aliphatic carbocycles. The van der Waals surface area contributed by atoms with E-state index in [0.29, 0.717) is 25.3 Å². The molecule has 1 aromatic rings. The number of rotatable bonds is 4. The maximum Gasteiger partial charge on any atom is 0.272 e. The van der Waals surface area contributed by atoms with Crippen molar-refractivity contribution < 1.29 is 9.90 Å². The highest BCUT2D eigenvalue weighted by molar-refractivity contribution is 5.92. The minimum Gasteiger partial charge on any atom is -0.395 e. The molecule has 0 unspecified atom stereocenters. The molecule has 2 saturated heterocycles. The number of pyridine rings is 1. The van der Waals surface area contributed by atoms with E-state index in [1.165, 1.54) is 25.7 Å². The van der Waals surface area contributed by atoms with Gasteiger partial charge in [0.25, 0.3) is 5.91 Å². The topological polar surface area (TPSA) is 59.9 Å². The summed E-state index contributed by atoms with van der Waals surface area (Å²) >= 11 is 0. The lowest BCUT2D eigenvalue weighted by Crippen LogP contribution is -2.49. The second-order valence-electron chi connectivity index (χ2n) is 6.64. The molecule has 0 aromatic carbocycles. The maximum absolute atomic E-state index is 12.7. The summed E-state index contributed by atoms with van der Waals surface area (Å²) in [6.45, 7) is 5.96. The lowest BCUT2D eigenvalue weighted by Gasteiger charge is -2.34. The van der Waals surface area contributed by atoms with Crippen LogP contribution >= 0.6 is 0 Å². The van der Waals surface area contributed by atoms with E-state index in [2.05, 4.69) is 14.8 Å². The minimum absolute atomic E-state index is 0.0234. The Morgan fingerprint density at radius 1 is 1.00 bits per heavy atom. The van der Waals surface area contributed by atoms with Crippen LogP contribution in [0.4, 0.5) is 5.82 Å². The van der Waals surface area contributed by atoms with Gasteiger partial charge in [0.1, 0.15) is 11.5 Å². The van der Waals surface area contributed by atoms with Crippen LogP contribution in [-0.4, -0.2) is 78.2 Å². The van der Waals surface area contributed by atoms with Gasteiger partial charge in [-0.3, -0.25) is 9.69 Å². The number of aliphatic hydroxyl groups excluding tert-OH is 1. The molecular formula is C18H28N4O2. The standard InChI is InChI=1S/C18H28N4O2/c23-15-14-20-10-12-22(13-11-20)18(24)16-6-5-7-17(19-16)21-8-3-1-2-4-9-21/h5-7,23H,1-4,8-15H2. The van der Waals surface area contributed by atoms with E-state index >= 15 is 0 Å². The van der Waals surface area contributed by atoms with Crippen molar-refractivity contribution in [2.45, 2.75) is 25.7 Å². The third-order valence-electron chi connectivity index (χ3n) is 4.96. The van der Waals surface area contributed by atoms with Gasteiger partial charge in [-0.05, 0) is 25.0 Å². The predicted octanol–water partition coefficient (Wildman–Crippen LogP) is 1.21. The molecule has 3 rings (SSSR count). The third kappa shape index (κ3) is 4.24. The fourth-order valence-electron chi connectivity index (χ4n) is 3.50. The van der Waals surface area contributed by atoms with Gasteiger partial charge < -0.3 is 14.9 Å². The first-order valence-corrected chi connectivity index (χ1v) is 9.12. The quantitative estimate of drug-likeness (QED) is 0.898. The molecule has 0 atom stereocenters. The van der Waals surface area contributed by atoms with E-state index in [1.54, 1.807) is 0 Å². The summed E-state index contributed by atoms with van der Waals surface area (Å²) in [5.41, 5.74) is 0.548. The molecule has 0 spiro atoms. The smallest absolute Gasteiger partial charge is 0.272 e. The lowest BCUT2D eigenvalue weighted by molar-refractivity contribution is 0.0609. The van der Waals surface area contributed by atoms with Crippen molar-refractivity contribution in [1.82, 2.24) is 14.8 Å². The van der Waals surface area contributed by atoms with Crippen LogP contribution in [0.1, 0.15) is 36.2 Å². The molecule has 24 heavy (non-hydrogen) atoms. The summed E-state index contributed by atoms with van der Waals surface area (Å²) < 4.78 is 0. The molecule has 132 valence electrons. The summed E-state index contributed by atoms with van der Waals surface area (Å²) in [4.78, 5) is 23.8. The summed E-state index contributed by atoms with van der Waals surface area (Å²) in [5.74, 6) is 0.956. The highest BCUT2D eigenvalue weighted by atomic mass is 16.3. The Labute approximate surface area is 144 Å². The fraction of sp³-hybridized carbons (Fsp3) is 0.667. The molecule has 2 fully saturated rings. The van der Waals surface area contributed by atoms with Crippen LogP contribution in [0, 0.1) is 0 Å². The molecule has 1 N–H and O–H groups in total. The number of carbonyl (C=O) groups is 1. The number of aromatic nitrogens is 1. The van der Waals surface area contributed by atoms with E-state index in [-0.39, 0.29) is 12.5 Å². The number of β-amino-alcohol motifs (C(OH)–C–C–N with tert-alkyl or cyclic N) is 1. The third-order valence-corrected chi connectivity index (χ3v) is 4.96. The second kappa shape index (κ2) is 8.44. The average molecular weight is 332 g/mol. The van der Waals surface area contributed by atoms with Crippen LogP contribution in [0.15, 0.2) is 18.2 Å². The van der Waals surface area contributed by atoms with Crippen molar-refractivity contribution in [2.24, 2.45) is 0 Å². The number of hydrogen-bond donors (Lipinski definition) is 1. The number of aliphatic hydroxyl groups is 1. The van der Waals surface area contributed by atoms with Crippen LogP contribution in [0.25, 0.3) is 0 Å². The van der Waals surface area contributed by atoms with Crippen molar-refractivity contribution in [3.8, 4) is 0 Å². The number of carbonyl (C=O) groups excluding carboxylic acids is 1. The van der Waals surface area contributed by atoms with E-state index in [1.807, 2.05) is 23.1 Å². The van der Waals surface area contributed by atoms with Crippen molar-refractivity contribution in [3.05, 3.63) is 23.9 Å². The monoisotopic (exact) mass is 332 g/mol. The molecule has 2 aliphatic rings. The zero-order chi connectivity index (χ0) is 16.8. The molecule has 3 heterocycles. The second-order valence-corrected chi connectivity index (χ2v) is 6.64. The zero-order valence-corrected chi connectivity index (χ0v) is 14.4.